The summed E-state index contributed by atoms with van der Waals surface area (Å²) in [5.74, 6) is -0.361. The lowest BCUT2D eigenvalue weighted by atomic mass is 9.58. The molecule has 3 rings (SSSR count). The van der Waals surface area contributed by atoms with Gasteiger partial charge in [-0.15, -0.1) is 0 Å². The molecule has 0 radical (unpaired) electrons. The Kier molecular flexibility index (Phi) is 4.78. The van der Waals surface area contributed by atoms with Gasteiger partial charge in [0.1, 0.15) is 5.82 Å². The first-order chi connectivity index (χ1) is 11.4. The lowest BCUT2D eigenvalue weighted by molar-refractivity contribution is -0.207. The third-order valence-electron chi connectivity index (χ3n) is 5.39. The van der Waals surface area contributed by atoms with Crippen molar-refractivity contribution in [1.82, 2.24) is 4.90 Å². The molecule has 24 heavy (non-hydrogen) atoms. The van der Waals surface area contributed by atoms with Crippen molar-refractivity contribution in [2.45, 2.75) is 45.3 Å². The van der Waals surface area contributed by atoms with Crippen molar-refractivity contribution in [3.63, 3.8) is 0 Å². The van der Waals surface area contributed by atoms with Crippen molar-refractivity contribution in [2.75, 3.05) is 25.0 Å². The molecular weight excluding hydrogens is 311 g/mol. The SMILES string of the molecule is CCO[C@H]1C[C@H](O)C12CCN(C(=O)Nc1cc(C)cc(F)c1)CC2. The van der Waals surface area contributed by atoms with E-state index >= 15 is 0 Å². The summed E-state index contributed by atoms with van der Waals surface area (Å²) in [5, 5.41) is 13.0. The van der Waals surface area contributed by atoms with Crippen LogP contribution in [0.15, 0.2) is 18.2 Å². The van der Waals surface area contributed by atoms with Gasteiger partial charge in [-0.2, -0.15) is 0 Å². The van der Waals surface area contributed by atoms with E-state index < -0.39 is 0 Å². The highest BCUT2D eigenvalue weighted by Gasteiger charge is 2.56. The third-order valence-corrected chi connectivity index (χ3v) is 5.39. The molecule has 2 amide bonds. The highest BCUT2D eigenvalue weighted by atomic mass is 19.1. The van der Waals surface area contributed by atoms with Crippen LogP contribution >= 0.6 is 0 Å². The number of nitrogens with one attached hydrogen (secondary N) is 1. The van der Waals surface area contributed by atoms with Crippen LogP contribution in [0.4, 0.5) is 14.9 Å². The van der Waals surface area contributed by atoms with E-state index in [0.29, 0.717) is 31.8 Å². The maximum Gasteiger partial charge on any atom is 0.321 e. The topological polar surface area (TPSA) is 61.8 Å². The van der Waals surface area contributed by atoms with Crippen LogP contribution in [0.3, 0.4) is 0 Å². The van der Waals surface area contributed by atoms with Crippen molar-refractivity contribution < 1.29 is 19.0 Å². The van der Waals surface area contributed by atoms with Crippen molar-refractivity contribution in [3.8, 4) is 0 Å². The lowest BCUT2D eigenvalue weighted by Gasteiger charge is -2.56. The van der Waals surface area contributed by atoms with Crippen LogP contribution in [-0.2, 0) is 4.74 Å². The zero-order valence-electron chi connectivity index (χ0n) is 14.2. The van der Waals surface area contributed by atoms with Gasteiger partial charge in [0.25, 0.3) is 0 Å². The Morgan fingerprint density at radius 2 is 2.12 bits per heavy atom. The van der Waals surface area contributed by atoms with E-state index in [1.165, 1.54) is 12.1 Å². The lowest BCUT2D eigenvalue weighted by Crippen LogP contribution is -2.63. The summed E-state index contributed by atoms with van der Waals surface area (Å²) in [6.07, 6.45) is 1.89. The van der Waals surface area contributed by atoms with Gasteiger partial charge in [-0.05, 0) is 50.5 Å². The normalized spacial score (nSPS) is 25.4. The molecule has 0 unspecified atom stereocenters. The Morgan fingerprint density at radius 1 is 1.42 bits per heavy atom. The second-order valence-corrected chi connectivity index (χ2v) is 6.86. The van der Waals surface area contributed by atoms with Gasteiger partial charge < -0.3 is 20.1 Å². The minimum absolute atomic E-state index is 0.0913. The number of amides is 2. The maximum atomic E-state index is 13.4. The molecule has 2 N–H and O–H groups in total. The minimum Gasteiger partial charge on any atom is -0.392 e. The highest BCUT2D eigenvalue weighted by Crippen LogP contribution is 2.50. The number of nitrogens with zero attached hydrogens (tertiary/aromatic N) is 1. The van der Waals surface area contributed by atoms with Crippen LogP contribution in [0.25, 0.3) is 0 Å². The predicted molar refractivity (Wildman–Crippen MR) is 89.4 cm³/mol. The molecule has 6 heteroatoms. The van der Waals surface area contributed by atoms with E-state index in [1.807, 2.05) is 6.92 Å². The summed E-state index contributed by atoms with van der Waals surface area (Å²) >= 11 is 0. The van der Waals surface area contributed by atoms with Crippen LogP contribution in [0.1, 0.15) is 31.7 Å². The summed E-state index contributed by atoms with van der Waals surface area (Å²) in [4.78, 5) is 14.1. The number of anilines is 1. The van der Waals surface area contributed by atoms with Crippen molar-refractivity contribution in [2.24, 2.45) is 5.41 Å². The molecule has 2 atom stereocenters. The zero-order valence-corrected chi connectivity index (χ0v) is 14.2. The molecule has 1 heterocycles. The van der Waals surface area contributed by atoms with Crippen molar-refractivity contribution >= 4 is 11.7 Å². The number of halogens is 1. The molecule has 1 aliphatic heterocycles. The fourth-order valence-corrected chi connectivity index (χ4v) is 3.95. The smallest absolute Gasteiger partial charge is 0.321 e. The average molecular weight is 336 g/mol. The van der Waals surface area contributed by atoms with Gasteiger partial charge in [-0.3, -0.25) is 0 Å². The Hall–Kier alpha value is -1.66. The highest BCUT2D eigenvalue weighted by molar-refractivity contribution is 5.89. The monoisotopic (exact) mass is 336 g/mol. The standard InChI is InChI=1S/C18H25FN2O3/c1-3-24-16-11-15(22)18(16)4-6-21(7-5-18)17(23)20-14-9-12(2)8-13(19)10-14/h8-10,15-16,22H,3-7,11H2,1-2H3,(H,20,23)/t15-,16-/m0/s1. The molecule has 132 valence electrons. The Bertz CT molecular complexity index is 592. The Morgan fingerprint density at radius 3 is 2.71 bits per heavy atom. The number of benzene rings is 1. The van der Waals surface area contributed by atoms with Gasteiger partial charge in [-0.1, -0.05) is 0 Å². The molecule has 1 aromatic carbocycles. The maximum absolute atomic E-state index is 13.4. The molecule has 0 bridgehead atoms. The quantitative estimate of drug-likeness (QED) is 0.892. The molecule has 1 aliphatic carbocycles. The predicted octanol–water partition coefficient (Wildman–Crippen LogP) is 2.92. The number of likely N-dealkylation sites (tertiary alicyclic amines) is 1. The van der Waals surface area contributed by atoms with E-state index in [4.69, 9.17) is 4.74 Å². The molecule has 1 saturated heterocycles. The number of rotatable bonds is 3. The van der Waals surface area contributed by atoms with Gasteiger partial charge in [0, 0.05) is 37.2 Å². The fraction of sp³-hybridized carbons (Fsp3) is 0.611. The van der Waals surface area contributed by atoms with Crippen molar-refractivity contribution in [3.05, 3.63) is 29.6 Å². The number of piperidine rings is 1. The summed E-state index contributed by atoms with van der Waals surface area (Å²) in [6.45, 7) is 5.53. The molecule has 2 fully saturated rings. The van der Waals surface area contributed by atoms with E-state index in [0.717, 1.165) is 18.4 Å². The molecule has 1 aromatic rings. The van der Waals surface area contributed by atoms with Gasteiger partial charge in [0.05, 0.1) is 12.2 Å². The summed E-state index contributed by atoms with van der Waals surface area (Å²) in [7, 11) is 0. The second-order valence-electron chi connectivity index (χ2n) is 6.86. The van der Waals surface area contributed by atoms with Crippen LogP contribution < -0.4 is 5.32 Å². The molecule has 1 spiro atoms. The number of aliphatic hydroxyl groups excluding tert-OH is 1. The molecule has 1 saturated carbocycles. The number of aliphatic hydroxyl groups is 1. The largest absolute Gasteiger partial charge is 0.392 e. The molecule has 5 nitrogen and oxygen atoms in total. The van der Waals surface area contributed by atoms with E-state index in [2.05, 4.69) is 5.32 Å². The second kappa shape index (κ2) is 6.69. The Balaban J connectivity index is 1.59. The number of urea groups is 1. The van der Waals surface area contributed by atoms with Crippen LogP contribution in [0.5, 0.6) is 0 Å². The summed E-state index contributed by atoms with van der Waals surface area (Å²) < 4.78 is 19.2. The van der Waals surface area contributed by atoms with Gasteiger partial charge >= 0.3 is 6.03 Å². The number of hydrogen-bond donors (Lipinski definition) is 2. The molecule has 0 aromatic heterocycles. The van der Waals surface area contributed by atoms with Gasteiger partial charge in [0.2, 0.25) is 0 Å². The first-order valence-corrected chi connectivity index (χ1v) is 8.57. The molecular formula is C18H25FN2O3. The number of carbonyl (C=O) groups is 1. The van der Waals surface area contributed by atoms with E-state index in [1.54, 1.807) is 17.9 Å². The van der Waals surface area contributed by atoms with Crippen LogP contribution in [-0.4, -0.2) is 47.9 Å². The molecule has 2 aliphatic rings. The number of hydrogen-bond acceptors (Lipinski definition) is 3. The van der Waals surface area contributed by atoms with E-state index in [-0.39, 0.29) is 29.5 Å². The zero-order chi connectivity index (χ0) is 17.3. The van der Waals surface area contributed by atoms with Gasteiger partial charge in [-0.25, -0.2) is 9.18 Å². The summed E-state index contributed by atoms with van der Waals surface area (Å²) in [6, 6.07) is 4.26. The first kappa shape index (κ1) is 17.2. The van der Waals surface area contributed by atoms with Gasteiger partial charge in [0.15, 0.2) is 0 Å². The van der Waals surface area contributed by atoms with E-state index in [9.17, 15) is 14.3 Å². The number of aryl methyl sites for hydroxylation is 1. The minimum atomic E-state index is -0.361. The van der Waals surface area contributed by atoms with Crippen molar-refractivity contribution in [1.29, 1.82) is 0 Å². The first-order valence-electron chi connectivity index (χ1n) is 8.57. The summed E-state index contributed by atoms with van der Waals surface area (Å²) in [5.41, 5.74) is 1.02. The third kappa shape index (κ3) is 3.13. The number of carbonyl (C=O) groups excluding carboxylic acids is 1. The Labute approximate surface area is 141 Å². The number of ether oxygens (including phenoxy) is 1. The van der Waals surface area contributed by atoms with Crippen LogP contribution in [0, 0.1) is 18.2 Å². The van der Waals surface area contributed by atoms with Crippen LogP contribution in [0.2, 0.25) is 0 Å². The fourth-order valence-electron chi connectivity index (χ4n) is 3.95. The average Bonchev–Trinajstić information content (AvgIpc) is 2.54.